The van der Waals surface area contributed by atoms with E-state index in [-0.39, 0.29) is 30.4 Å². The van der Waals surface area contributed by atoms with Crippen LogP contribution >= 0.6 is 24.8 Å². The first kappa shape index (κ1) is 21.4. The van der Waals surface area contributed by atoms with E-state index in [1.54, 1.807) is 0 Å². The Hall–Kier alpha value is -0.630. The van der Waals surface area contributed by atoms with Gasteiger partial charge in [0.1, 0.15) is 0 Å². The second-order valence-electron chi connectivity index (χ2n) is 4.65. The Morgan fingerprint density at radius 1 is 1.00 bits per heavy atom. The van der Waals surface area contributed by atoms with E-state index in [0.717, 1.165) is 12.1 Å². The minimum atomic E-state index is -4.63. The molecular weight excluding hydrogens is 350 g/mol. The normalized spacial score (nSPS) is 17.5. The molecule has 0 radical (unpaired) electrons. The van der Waals surface area contributed by atoms with Gasteiger partial charge in [0.15, 0.2) is 0 Å². The Kier molecular flexibility index (Phi) is 8.61. The van der Waals surface area contributed by atoms with Crippen LogP contribution in [0.1, 0.15) is 17.2 Å². The number of piperazine rings is 1. The van der Waals surface area contributed by atoms with Crippen molar-refractivity contribution in [1.82, 2.24) is 10.2 Å². The molecule has 9 heteroatoms. The summed E-state index contributed by atoms with van der Waals surface area (Å²) in [5.41, 5.74) is -1.33. The van der Waals surface area contributed by atoms with Crippen LogP contribution in [0.4, 0.5) is 22.0 Å². The van der Waals surface area contributed by atoms with E-state index in [1.807, 2.05) is 0 Å². The van der Waals surface area contributed by atoms with Gasteiger partial charge in [0, 0.05) is 26.2 Å². The first-order valence-corrected chi connectivity index (χ1v) is 6.30. The molecule has 1 saturated heterocycles. The van der Waals surface area contributed by atoms with Gasteiger partial charge in [-0.2, -0.15) is 13.2 Å². The smallest absolute Gasteiger partial charge is 0.314 e. The summed E-state index contributed by atoms with van der Waals surface area (Å²) < 4.78 is 65.5. The summed E-state index contributed by atoms with van der Waals surface area (Å²) in [7, 11) is 0. The lowest BCUT2D eigenvalue weighted by Gasteiger charge is -2.35. The molecule has 0 aliphatic carbocycles. The predicted octanol–water partition coefficient (Wildman–Crippen LogP) is 3.76. The van der Waals surface area contributed by atoms with Crippen molar-refractivity contribution < 1.29 is 22.0 Å². The Morgan fingerprint density at radius 3 is 2.05 bits per heavy atom. The van der Waals surface area contributed by atoms with E-state index >= 15 is 0 Å². The van der Waals surface area contributed by atoms with Crippen molar-refractivity contribution >= 4 is 24.8 Å². The summed E-state index contributed by atoms with van der Waals surface area (Å²) in [6, 6.07) is 3.05. The average Bonchev–Trinajstić information content (AvgIpc) is 2.39. The standard InChI is InChI=1S/C13H15F5N2.2ClH/c14-12(15)11(20-7-5-19-6-8-20)9-3-1-2-4-10(9)13(16,17)18;;/h1-4,11-12,19H,5-8H2;2*1H/t11-;;/m0../s1. The van der Waals surface area contributed by atoms with Crippen LogP contribution < -0.4 is 5.32 Å². The summed E-state index contributed by atoms with van der Waals surface area (Å²) in [6.07, 6.45) is -7.49. The molecule has 1 heterocycles. The molecule has 0 bridgehead atoms. The molecule has 0 aromatic heterocycles. The molecule has 1 aliphatic heterocycles. The molecule has 1 aromatic carbocycles. The molecule has 1 aliphatic rings. The van der Waals surface area contributed by atoms with Crippen molar-refractivity contribution in [3.8, 4) is 0 Å². The second-order valence-corrected chi connectivity index (χ2v) is 4.65. The Bertz CT molecular complexity index is 450. The third-order valence-corrected chi connectivity index (χ3v) is 3.37. The second kappa shape index (κ2) is 8.86. The van der Waals surface area contributed by atoms with Gasteiger partial charge >= 0.3 is 6.18 Å². The molecule has 1 N–H and O–H groups in total. The molecule has 0 spiro atoms. The van der Waals surface area contributed by atoms with Gasteiger partial charge < -0.3 is 5.32 Å². The molecule has 1 fully saturated rings. The number of benzene rings is 1. The van der Waals surface area contributed by atoms with Crippen LogP contribution in [0.2, 0.25) is 0 Å². The third-order valence-electron chi connectivity index (χ3n) is 3.37. The number of halogens is 7. The van der Waals surface area contributed by atoms with E-state index < -0.39 is 24.2 Å². The van der Waals surface area contributed by atoms with Gasteiger partial charge in [0.25, 0.3) is 6.43 Å². The largest absolute Gasteiger partial charge is 0.416 e. The molecule has 0 unspecified atom stereocenters. The highest BCUT2D eigenvalue weighted by molar-refractivity contribution is 5.85. The highest BCUT2D eigenvalue weighted by Gasteiger charge is 2.39. The van der Waals surface area contributed by atoms with Gasteiger partial charge in [-0.25, -0.2) is 8.78 Å². The van der Waals surface area contributed by atoms with Crippen LogP contribution in [0.5, 0.6) is 0 Å². The van der Waals surface area contributed by atoms with Gasteiger partial charge in [-0.15, -0.1) is 24.8 Å². The van der Waals surface area contributed by atoms with Crippen molar-refractivity contribution in [2.75, 3.05) is 26.2 Å². The third kappa shape index (κ3) is 4.94. The monoisotopic (exact) mass is 366 g/mol. The zero-order chi connectivity index (χ0) is 14.8. The van der Waals surface area contributed by atoms with E-state index in [2.05, 4.69) is 5.32 Å². The number of hydrogen-bond acceptors (Lipinski definition) is 2. The number of alkyl halides is 5. The predicted molar refractivity (Wildman–Crippen MR) is 79.1 cm³/mol. The van der Waals surface area contributed by atoms with Crippen molar-refractivity contribution in [2.24, 2.45) is 0 Å². The van der Waals surface area contributed by atoms with Gasteiger partial charge in [-0.3, -0.25) is 4.90 Å². The van der Waals surface area contributed by atoms with E-state index in [4.69, 9.17) is 0 Å². The maximum Gasteiger partial charge on any atom is 0.416 e. The molecular formula is C13H17Cl2F5N2. The number of hydrogen-bond donors (Lipinski definition) is 1. The Labute approximate surface area is 137 Å². The Balaban J connectivity index is 0.00000220. The minimum absolute atomic E-state index is 0. The minimum Gasteiger partial charge on any atom is -0.314 e. The molecule has 0 amide bonds. The van der Waals surface area contributed by atoms with Gasteiger partial charge in [-0.05, 0) is 11.6 Å². The zero-order valence-corrected chi connectivity index (χ0v) is 13.1. The van der Waals surface area contributed by atoms with Crippen LogP contribution in [0.3, 0.4) is 0 Å². The van der Waals surface area contributed by atoms with Crippen LogP contribution in [-0.4, -0.2) is 37.5 Å². The maximum absolute atomic E-state index is 13.3. The average molecular weight is 367 g/mol. The topological polar surface area (TPSA) is 15.3 Å². The van der Waals surface area contributed by atoms with Crippen molar-refractivity contribution in [1.29, 1.82) is 0 Å². The maximum atomic E-state index is 13.3. The van der Waals surface area contributed by atoms with Crippen LogP contribution in [-0.2, 0) is 6.18 Å². The quantitative estimate of drug-likeness (QED) is 0.819. The number of nitrogens with zero attached hydrogens (tertiary/aromatic N) is 1. The molecule has 22 heavy (non-hydrogen) atoms. The summed E-state index contributed by atoms with van der Waals surface area (Å²) >= 11 is 0. The fourth-order valence-electron chi connectivity index (χ4n) is 2.47. The summed E-state index contributed by atoms with van der Waals surface area (Å²) in [5, 5.41) is 3.00. The lowest BCUT2D eigenvalue weighted by molar-refractivity contribution is -0.139. The van der Waals surface area contributed by atoms with Gasteiger partial charge in [0.05, 0.1) is 11.6 Å². The Morgan fingerprint density at radius 2 is 1.55 bits per heavy atom. The van der Waals surface area contributed by atoms with Crippen molar-refractivity contribution in [2.45, 2.75) is 18.6 Å². The van der Waals surface area contributed by atoms with Crippen molar-refractivity contribution in [3.05, 3.63) is 35.4 Å². The highest BCUT2D eigenvalue weighted by Crippen LogP contribution is 2.38. The SMILES string of the molecule is Cl.Cl.FC(F)[C@H](c1ccccc1C(F)(F)F)N1CCNCC1. The van der Waals surface area contributed by atoms with Gasteiger partial charge in [0.2, 0.25) is 0 Å². The first-order chi connectivity index (χ1) is 9.41. The highest BCUT2D eigenvalue weighted by atomic mass is 35.5. The lowest BCUT2D eigenvalue weighted by atomic mass is 9.98. The van der Waals surface area contributed by atoms with E-state index in [0.29, 0.717) is 26.2 Å². The molecule has 2 nitrogen and oxygen atoms in total. The zero-order valence-electron chi connectivity index (χ0n) is 11.4. The molecule has 0 saturated carbocycles. The number of nitrogens with one attached hydrogen (secondary N) is 1. The summed E-state index contributed by atoms with van der Waals surface area (Å²) in [4.78, 5) is 1.41. The summed E-state index contributed by atoms with van der Waals surface area (Å²) in [5.74, 6) is 0. The first-order valence-electron chi connectivity index (χ1n) is 6.30. The van der Waals surface area contributed by atoms with E-state index in [1.165, 1.54) is 17.0 Å². The molecule has 2 rings (SSSR count). The fraction of sp³-hybridized carbons (Fsp3) is 0.538. The van der Waals surface area contributed by atoms with Gasteiger partial charge in [-0.1, -0.05) is 18.2 Å². The molecule has 128 valence electrons. The van der Waals surface area contributed by atoms with Crippen LogP contribution in [0.25, 0.3) is 0 Å². The molecule has 1 aromatic rings. The summed E-state index contributed by atoms with van der Waals surface area (Å²) in [6.45, 7) is 1.61. The van der Waals surface area contributed by atoms with E-state index in [9.17, 15) is 22.0 Å². The fourth-order valence-corrected chi connectivity index (χ4v) is 2.47. The number of rotatable bonds is 3. The lowest BCUT2D eigenvalue weighted by Crippen LogP contribution is -2.47. The van der Waals surface area contributed by atoms with Crippen LogP contribution in [0, 0.1) is 0 Å². The van der Waals surface area contributed by atoms with Crippen LogP contribution in [0.15, 0.2) is 24.3 Å². The van der Waals surface area contributed by atoms with Crippen molar-refractivity contribution in [3.63, 3.8) is 0 Å². The molecule has 1 atom stereocenters.